The Bertz CT molecular complexity index is 810. The highest BCUT2D eigenvalue weighted by atomic mass is 19.1. The van der Waals surface area contributed by atoms with E-state index in [0.717, 1.165) is 17.4 Å². The zero-order valence-corrected chi connectivity index (χ0v) is 12.9. The van der Waals surface area contributed by atoms with Gasteiger partial charge in [0, 0.05) is 37.7 Å². The van der Waals surface area contributed by atoms with Crippen LogP contribution < -0.4 is 10.2 Å². The summed E-state index contributed by atoms with van der Waals surface area (Å²) in [4.78, 5) is 29.2. The number of hydrogen-bond acceptors (Lipinski definition) is 3. The number of aromatic nitrogens is 1. The first-order valence-electron chi connectivity index (χ1n) is 7.42. The van der Waals surface area contributed by atoms with Crippen molar-refractivity contribution in [2.24, 2.45) is 0 Å². The summed E-state index contributed by atoms with van der Waals surface area (Å²) < 4.78 is 26.5. The Morgan fingerprint density at radius 1 is 1.38 bits per heavy atom. The number of para-hydroxylation sites is 1. The molecule has 24 heavy (non-hydrogen) atoms. The molecule has 1 aliphatic rings. The molecule has 0 saturated carbocycles. The third-order valence-corrected chi connectivity index (χ3v) is 4.06. The summed E-state index contributed by atoms with van der Waals surface area (Å²) in [5.41, 5.74) is 1.26. The number of pyridine rings is 1. The first-order chi connectivity index (χ1) is 11.5. The molecule has 2 amide bonds. The Hall–Kier alpha value is -2.83. The molecule has 2 aromatic rings. The van der Waals surface area contributed by atoms with Crippen molar-refractivity contribution in [1.29, 1.82) is 0 Å². The maximum atomic E-state index is 13.6. The predicted molar refractivity (Wildman–Crippen MR) is 83.7 cm³/mol. The van der Waals surface area contributed by atoms with E-state index in [2.05, 4.69) is 10.3 Å². The maximum absolute atomic E-state index is 13.6. The molecule has 1 aliphatic heterocycles. The number of benzene rings is 1. The predicted octanol–water partition coefficient (Wildman–Crippen LogP) is 2.24. The molecule has 0 radical (unpaired) electrons. The van der Waals surface area contributed by atoms with Crippen LogP contribution in [0.5, 0.6) is 0 Å². The molecule has 7 heteroatoms. The number of amides is 2. The molecular formula is C17H15F2N3O2. The number of nitrogens with zero attached hydrogens (tertiary/aromatic N) is 2. The molecular weight excluding hydrogens is 316 g/mol. The molecule has 0 bridgehead atoms. The van der Waals surface area contributed by atoms with Gasteiger partial charge in [-0.25, -0.2) is 13.8 Å². The van der Waals surface area contributed by atoms with Crippen LogP contribution in [0.4, 0.5) is 14.5 Å². The minimum absolute atomic E-state index is 0.0564. The van der Waals surface area contributed by atoms with Crippen LogP contribution in [0.25, 0.3) is 0 Å². The molecule has 0 fully saturated rings. The van der Waals surface area contributed by atoms with Crippen molar-refractivity contribution < 1.29 is 18.4 Å². The number of carbonyl (C=O) groups excluding carboxylic acids is 2. The summed E-state index contributed by atoms with van der Waals surface area (Å²) in [5.74, 6) is -2.88. The van der Waals surface area contributed by atoms with Gasteiger partial charge in [-0.1, -0.05) is 18.2 Å². The van der Waals surface area contributed by atoms with E-state index in [1.807, 2.05) is 24.3 Å². The van der Waals surface area contributed by atoms with Crippen molar-refractivity contribution in [3.05, 3.63) is 59.4 Å². The first-order valence-corrected chi connectivity index (χ1v) is 7.42. The van der Waals surface area contributed by atoms with Gasteiger partial charge in [0.25, 0.3) is 5.91 Å². The number of halogens is 2. The highest BCUT2D eigenvalue weighted by Gasteiger charge is 2.29. The number of carbonyl (C=O) groups is 2. The fourth-order valence-corrected chi connectivity index (χ4v) is 2.79. The Labute approximate surface area is 137 Å². The fraction of sp³-hybridized carbons (Fsp3) is 0.235. The largest absolute Gasteiger partial charge is 0.350 e. The maximum Gasteiger partial charge on any atom is 0.272 e. The lowest BCUT2D eigenvalue weighted by molar-refractivity contribution is -0.119. The van der Waals surface area contributed by atoms with Crippen LogP contribution in [-0.4, -0.2) is 30.4 Å². The molecule has 0 spiro atoms. The highest BCUT2D eigenvalue weighted by Crippen LogP contribution is 2.34. The molecule has 1 atom stereocenters. The Balaban J connectivity index is 1.76. The van der Waals surface area contributed by atoms with Gasteiger partial charge in [-0.15, -0.1) is 0 Å². The molecule has 0 aliphatic carbocycles. The van der Waals surface area contributed by atoms with Gasteiger partial charge < -0.3 is 10.2 Å². The van der Waals surface area contributed by atoms with Gasteiger partial charge in [-0.05, 0) is 11.6 Å². The molecule has 1 aromatic heterocycles. The minimum atomic E-state index is -1.02. The van der Waals surface area contributed by atoms with Crippen LogP contribution in [0.15, 0.2) is 36.5 Å². The molecule has 5 nitrogen and oxygen atoms in total. The lowest BCUT2D eigenvalue weighted by atomic mass is 9.89. The molecule has 1 aromatic carbocycles. The van der Waals surface area contributed by atoms with Gasteiger partial charge in [0.05, 0.1) is 6.20 Å². The SMILES string of the molecule is CN1C(=O)C[C@@H](CNC(=O)c2ncc(F)cc2F)c2ccccc21. The zero-order chi connectivity index (χ0) is 17.3. The summed E-state index contributed by atoms with van der Waals surface area (Å²) in [7, 11) is 1.70. The normalized spacial score (nSPS) is 16.7. The van der Waals surface area contributed by atoms with Gasteiger partial charge in [0.1, 0.15) is 5.82 Å². The molecule has 2 heterocycles. The third-order valence-electron chi connectivity index (χ3n) is 4.06. The van der Waals surface area contributed by atoms with E-state index in [9.17, 15) is 18.4 Å². The zero-order valence-electron chi connectivity index (χ0n) is 12.9. The lowest BCUT2D eigenvalue weighted by Gasteiger charge is -2.31. The number of fused-ring (bicyclic) bond motifs is 1. The van der Waals surface area contributed by atoms with E-state index in [4.69, 9.17) is 0 Å². The van der Waals surface area contributed by atoms with Crippen molar-refractivity contribution in [2.45, 2.75) is 12.3 Å². The highest BCUT2D eigenvalue weighted by molar-refractivity contribution is 5.97. The minimum Gasteiger partial charge on any atom is -0.350 e. The van der Waals surface area contributed by atoms with Gasteiger partial charge in [0.2, 0.25) is 5.91 Å². The van der Waals surface area contributed by atoms with Gasteiger partial charge in [0.15, 0.2) is 11.5 Å². The molecule has 3 rings (SSSR count). The van der Waals surface area contributed by atoms with Crippen molar-refractivity contribution >= 4 is 17.5 Å². The van der Waals surface area contributed by atoms with Crippen LogP contribution in [-0.2, 0) is 4.79 Å². The second-order valence-corrected chi connectivity index (χ2v) is 5.61. The van der Waals surface area contributed by atoms with E-state index in [1.165, 1.54) is 0 Å². The monoisotopic (exact) mass is 331 g/mol. The number of rotatable bonds is 3. The molecule has 1 N–H and O–H groups in total. The van der Waals surface area contributed by atoms with Crippen LogP contribution in [0.1, 0.15) is 28.4 Å². The van der Waals surface area contributed by atoms with Crippen molar-refractivity contribution in [2.75, 3.05) is 18.5 Å². The van der Waals surface area contributed by atoms with E-state index in [-0.39, 0.29) is 24.8 Å². The topological polar surface area (TPSA) is 62.3 Å². The number of anilines is 1. The first kappa shape index (κ1) is 16.0. The van der Waals surface area contributed by atoms with Crippen LogP contribution in [0.2, 0.25) is 0 Å². The van der Waals surface area contributed by atoms with Crippen LogP contribution in [0.3, 0.4) is 0 Å². The quantitative estimate of drug-likeness (QED) is 0.938. The molecule has 0 unspecified atom stereocenters. The molecule has 0 saturated heterocycles. The van der Waals surface area contributed by atoms with Gasteiger partial charge >= 0.3 is 0 Å². The van der Waals surface area contributed by atoms with E-state index in [0.29, 0.717) is 6.07 Å². The van der Waals surface area contributed by atoms with Crippen molar-refractivity contribution in [1.82, 2.24) is 10.3 Å². The second kappa shape index (κ2) is 6.35. The number of hydrogen-bond donors (Lipinski definition) is 1. The average molecular weight is 331 g/mol. The lowest BCUT2D eigenvalue weighted by Crippen LogP contribution is -2.38. The van der Waals surface area contributed by atoms with E-state index in [1.54, 1.807) is 11.9 Å². The number of nitrogens with one attached hydrogen (secondary N) is 1. The summed E-state index contributed by atoms with van der Waals surface area (Å²) in [6.45, 7) is 0.161. The van der Waals surface area contributed by atoms with Crippen molar-refractivity contribution in [3.8, 4) is 0 Å². The van der Waals surface area contributed by atoms with Gasteiger partial charge in [-0.2, -0.15) is 0 Å². The molecule has 124 valence electrons. The Morgan fingerprint density at radius 3 is 2.88 bits per heavy atom. The van der Waals surface area contributed by atoms with Crippen molar-refractivity contribution in [3.63, 3.8) is 0 Å². The van der Waals surface area contributed by atoms with E-state index < -0.39 is 23.2 Å². The summed E-state index contributed by atoms with van der Waals surface area (Å²) >= 11 is 0. The van der Waals surface area contributed by atoms with Gasteiger partial charge in [-0.3, -0.25) is 9.59 Å². The smallest absolute Gasteiger partial charge is 0.272 e. The average Bonchev–Trinajstić information content (AvgIpc) is 2.56. The summed E-state index contributed by atoms with van der Waals surface area (Å²) in [5, 5.41) is 2.57. The van der Waals surface area contributed by atoms with Crippen LogP contribution >= 0.6 is 0 Å². The third kappa shape index (κ3) is 2.97. The Morgan fingerprint density at radius 2 is 2.12 bits per heavy atom. The second-order valence-electron chi connectivity index (χ2n) is 5.61. The Kier molecular flexibility index (Phi) is 4.24. The van der Waals surface area contributed by atoms with Crippen LogP contribution in [0, 0.1) is 11.6 Å². The fourth-order valence-electron chi connectivity index (χ4n) is 2.79. The standard InChI is InChI=1S/C17H15F2N3O2/c1-22-14-5-3-2-4-12(14)10(6-15(22)23)8-21-17(24)16-13(19)7-11(18)9-20-16/h2-5,7,9-10H,6,8H2,1H3,(H,21,24)/t10-/m0/s1. The summed E-state index contributed by atoms with van der Waals surface area (Å²) in [6, 6.07) is 8.03. The summed E-state index contributed by atoms with van der Waals surface area (Å²) in [6.07, 6.45) is 1.03. The van der Waals surface area contributed by atoms with E-state index >= 15 is 0 Å².